The summed E-state index contributed by atoms with van der Waals surface area (Å²) in [5, 5.41) is 2.92. The van der Waals surface area contributed by atoms with E-state index in [9.17, 15) is 4.79 Å². The number of pyridine rings is 1. The highest BCUT2D eigenvalue weighted by Gasteiger charge is 2.21. The Labute approximate surface area is 114 Å². The monoisotopic (exact) mass is 265 g/mol. The molecule has 0 fully saturated rings. The van der Waals surface area contributed by atoms with Crippen LogP contribution in [0.25, 0.3) is 0 Å². The first-order valence-corrected chi connectivity index (χ1v) is 6.19. The molecule has 0 aliphatic heterocycles. The maximum atomic E-state index is 12.1. The van der Waals surface area contributed by atoms with Crippen LogP contribution in [0, 0.1) is 5.41 Å². The quantitative estimate of drug-likeness (QED) is 0.520. The van der Waals surface area contributed by atoms with Gasteiger partial charge in [-0.3, -0.25) is 15.6 Å². The fraction of sp³-hybridized carbons (Fsp3) is 0.538. The normalized spacial score (nSPS) is 11.5. The van der Waals surface area contributed by atoms with E-state index in [0.29, 0.717) is 17.8 Å². The van der Waals surface area contributed by atoms with Crippen LogP contribution >= 0.6 is 0 Å². The summed E-state index contributed by atoms with van der Waals surface area (Å²) in [7, 11) is 4.03. The molecule has 0 unspecified atom stereocenters. The molecule has 1 amide bonds. The summed E-state index contributed by atoms with van der Waals surface area (Å²) in [6.07, 6.45) is 3.09. The third kappa shape index (κ3) is 4.84. The molecule has 0 spiro atoms. The number of hydrazine groups is 1. The number of carbonyl (C=O) groups excluding carboxylic acids is 1. The smallest absolute Gasteiger partial charge is 0.255 e. The minimum Gasteiger partial charge on any atom is -0.351 e. The Balaban J connectivity index is 2.65. The molecule has 0 aromatic carbocycles. The predicted molar refractivity (Wildman–Crippen MR) is 76.7 cm³/mol. The fourth-order valence-corrected chi connectivity index (χ4v) is 2.03. The van der Waals surface area contributed by atoms with Crippen molar-refractivity contribution in [1.82, 2.24) is 15.2 Å². The van der Waals surface area contributed by atoms with Crippen LogP contribution in [-0.2, 0) is 0 Å². The van der Waals surface area contributed by atoms with Gasteiger partial charge in [-0.1, -0.05) is 13.8 Å². The van der Waals surface area contributed by atoms with E-state index < -0.39 is 0 Å². The summed E-state index contributed by atoms with van der Waals surface area (Å²) in [6.45, 7) is 5.70. The number of aromatic nitrogens is 1. The number of nitrogens with one attached hydrogen (secondary N) is 2. The van der Waals surface area contributed by atoms with Crippen LogP contribution in [0.3, 0.4) is 0 Å². The van der Waals surface area contributed by atoms with Crippen molar-refractivity contribution >= 4 is 11.6 Å². The Morgan fingerprint density at radius 2 is 2.16 bits per heavy atom. The summed E-state index contributed by atoms with van der Waals surface area (Å²) in [5.74, 6) is 5.20. The average molecular weight is 265 g/mol. The van der Waals surface area contributed by atoms with E-state index in [1.807, 2.05) is 14.1 Å². The molecule has 0 bridgehead atoms. The highest BCUT2D eigenvalue weighted by molar-refractivity contribution is 5.99. The van der Waals surface area contributed by atoms with E-state index >= 15 is 0 Å². The van der Waals surface area contributed by atoms with Crippen LogP contribution in [0.5, 0.6) is 0 Å². The van der Waals surface area contributed by atoms with E-state index in [4.69, 9.17) is 5.84 Å². The van der Waals surface area contributed by atoms with Crippen LogP contribution < -0.4 is 16.6 Å². The first-order chi connectivity index (χ1) is 8.85. The standard InChI is InChI=1S/C13H23N5O/c1-13(2,9-18(3)4)8-16-12(19)10-7-15-6-5-11(10)17-14/h5-7H,8-9,14H2,1-4H3,(H,15,17)(H,16,19). The molecule has 0 aliphatic carbocycles. The summed E-state index contributed by atoms with van der Waals surface area (Å²) in [4.78, 5) is 18.1. The summed E-state index contributed by atoms with van der Waals surface area (Å²) in [6, 6.07) is 1.67. The number of hydrogen-bond acceptors (Lipinski definition) is 5. The molecule has 19 heavy (non-hydrogen) atoms. The number of hydrogen-bond donors (Lipinski definition) is 3. The molecule has 6 heteroatoms. The molecule has 0 radical (unpaired) electrons. The molecular weight excluding hydrogens is 242 g/mol. The van der Waals surface area contributed by atoms with Crippen molar-refractivity contribution in [2.45, 2.75) is 13.8 Å². The molecule has 106 valence electrons. The summed E-state index contributed by atoms with van der Waals surface area (Å²) < 4.78 is 0. The Morgan fingerprint density at radius 1 is 1.47 bits per heavy atom. The zero-order chi connectivity index (χ0) is 14.5. The Morgan fingerprint density at radius 3 is 2.74 bits per heavy atom. The SMILES string of the molecule is CN(C)CC(C)(C)CNC(=O)c1cnccc1NN. The second-order valence-electron chi connectivity index (χ2n) is 5.65. The van der Waals surface area contributed by atoms with Gasteiger partial charge in [-0.05, 0) is 25.6 Å². The van der Waals surface area contributed by atoms with E-state index in [-0.39, 0.29) is 11.3 Å². The number of nitrogens with zero attached hydrogens (tertiary/aromatic N) is 2. The van der Waals surface area contributed by atoms with Gasteiger partial charge in [0.2, 0.25) is 0 Å². The second-order valence-corrected chi connectivity index (χ2v) is 5.65. The van der Waals surface area contributed by atoms with Gasteiger partial charge in [-0.25, -0.2) is 0 Å². The highest BCUT2D eigenvalue weighted by atomic mass is 16.1. The topological polar surface area (TPSA) is 83.3 Å². The number of amides is 1. The molecular formula is C13H23N5O. The zero-order valence-electron chi connectivity index (χ0n) is 12.0. The molecule has 1 aromatic rings. The van der Waals surface area contributed by atoms with Gasteiger partial charge in [0.05, 0.1) is 11.3 Å². The third-order valence-corrected chi connectivity index (χ3v) is 2.69. The summed E-state index contributed by atoms with van der Waals surface area (Å²) in [5.41, 5.74) is 3.51. The third-order valence-electron chi connectivity index (χ3n) is 2.69. The largest absolute Gasteiger partial charge is 0.351 e. The van der Waals surface area contributed by atoms with Crippen LogP contribution in [0.1, 0.15) is 24.2 Å². The highest BCUT2D eigenvalue weighted by Crippen LogP contribution is 2.16. The van der Waals surface area contributed by atoms with Gasteiger partial charge in [0.25, 0.3) is 5.91 Å². The van der Waals surface area contributed by atoms with Crippen molar-refractivity contribution in [3.05, 3.63) is 24.0 Å². The van der Waals surface area contributed by atoms with Gasteiger partial charge >= 0.3 is 0 Å². The first-order valence-electron chi connectivity index (χ1n) is 6.19. The Kier molecular flexibility index (Phi) is 5.26. The minimum atomic E-state index is -0.173. The zero-order valence-corrected chi connectivity index (χ0v) is 12.0. The van der Waals surface area contributed by atoms with Crippen LogP contribution in [-0.4, -0.2) is 43.0 Å². The maximum absolute atomic E-state index is 12.1. The lowest BCUT2D eigenvalue weighted by molar-refractivity contribution is 0.0929. The van der Waals surface area contributed by atoms with Crippen molar-refractivity contribution in [3.8, 4) is 0 Å². The number of nitrogens with two attached hydrogens (primary N) is 1. The number of carbonyl (C=O) groups is 1. The van der Waals surface area contributed by atoms with E-state index in [1.165, 1.54) is 6.20 Å². The Bertz CT molecular complexity index is 431. The molecule has 1 rings (SSSR count). The van der Waals surface area contributed by atoms with Gasteiger partial charge in [0.15, 0.2) is 0 Å². The number of anilines is 1. The van der Waals surface area contributed by atoms with Crippen LogP contribution in [0.2, 0.25) is 0 Å². The molecule has 0 saturated carbocycles. The van der Waals surface area contributed by atoms with Gasteiger partial charge in [-0.2, -0.15) is 0 Å². The molecule has 1 aromatic heterocycles. The molecule has 4 N–H and O–H groups in total. The van der Waals surface area contributed by atoms with Gasteiger partial charge < -0.3 is 15.6 Å². The van der Waals surface area contributed by atoms with Crippen molar-refractivity contribution in [2.75, 3.05) is 32.6 Å². The van der Waals surface area contributed by atoms with Crippen LogP contribution in [0.4, 0.5) is 5.69 Å². The van der Waals surface area contributed by atoms with Gasteiger partial charge in [-0.15, -0.1) is 0 Å². The van der Waals surface area contributed by atoms with Gasteiger partial charge in [0.1, 0.15) is 0 Å². The summed E-state index contributed by atoms with van der Waals surface area (Å²) >= 11 is 0. The van der Waals surface area contributed by atoms with Crippen molar-refractivity contribution in [3.63, 3.8) is 0 Å². The van der Waals surface area contributed by atoms with Gasteiger partial charge in [0, 0.05) is 25.5 Å². The predicted octanol–water partition coefficient (Wildman–Crippen LogP) is 0.685. The van der Waals surface area contributed by atoms with E-state index in [0.717, 1.165) is 6.54 Å². The lowest BCUT2D eigenvalue weighted by Crippen LogP contribution is -2.40. The molecule has 0 saturated heterocycles. The van der Waals surface area contributed by atoms with Crippen molar-refractivity contribution in [2.24, 2.45) is 11.3 Å². The number of nitrogen functional groups attached to an aromatic ring is 1. The van der Waals surface area contributed by atoms with Crippen molar-refractivity contribution in [1.29, 1.82) is 0 Å². The fourth-order valence-electron chi connectivity index (χ4n) is 2.03. The lowest BCUT2D eigenvalue weighted by Gasteiger charge is -2.28. The molecule has 0 aliphatic rings. The molecule has 1 heterocycles. The Hall–Kier alpha value is -1.66. The minimum absolute atomic E-state index is 0.00231. The molecule has 0 atom stereocenters. The van der Waals surface area contributed by atoms with E-state index in [2.05, 4.69) is 34.5 Å². The number of rotatable bonds is 6. The lowest BCUT2D eigenvalue weighted by atomic mass is 9.93. The van der Waals surface area contributed by atoms with Crippen LogP contribution in [0.15, 0.2) is 18.5 Å². The maximum Gasteiger partial charge on any atom is 0.255 e. The average Bonchev–Trinajstić information content (AvgIpc) is 2.34. The second kappa shape index (κ2) is 6.49. The van der Waals surface area contributed by atoms with E-state index in [1.54, 1.807) is 12.3 Å². The molecule has 6 nitrogen and oxygen atoms in total. The first kappa shape index (κ1) is 15.4. The van der Waals surface area contributed by atoms with Crippen molar-refractivity contribution < 1.29 is 4.79 Å².